The van der Waals surface area contributed by atoms with Gasteiger partial charge in [0.25, 0.3) is 0 Å². The Balaban J connectivity index is 1.76. The summed E-state index contributed by atoms with van der Waals surface area (Å²) >= 11 is 0. The number of ether oxygens (including phenoxy) is 3. The third-order valence-corrected chi connectivity index (χ3v) is 5.86. The molecular weight excluding hydrogens is 498 g/mol. The summed E-state index contributed by atoms with van der Waals surface area (Å²) in [6.45, 7) is 2.05. The van der Waals surface area contributed by atoms with Crippen LogP contribution in [0.2, 0.25) is 0 Å². The van der Waals surface area contributed by atoms with Gasteiger partial charge in [0.2, 0.25) is 11.8 Å². The first-order valence-electron chi connectivity index (χ1n) is 12.2. The number of amides is 1. The Morgan fingerprint density at radius 2 is 1.85 bits per heavy atom. The number of nitrogens with zero attached hydrogens (tertiary/aromatic N) is 4. The zero-order valence-corrected chi connectivity index (χ0v) is 22.6. The molecule has 1 N–H and O–H groups in total. The second kappa shape index (κ2) is 12.2. The standard InChI is InChI=1S/C29H31N5O5/c1-19(35)39-18-34-17-26(20-8-9-30-28(14-20)38-5)25-13-22(16-31-29(25)34)21-11-23(15-24(12-21)37-4)32-27(36)7-6-10-33(2)3/h6-9,11-17H,10,18H2,1-5H3,(H,32,36). The Labute approximate surface area is 226 Å². The highest BCUT2D eigenvalue weighted by atomic mass is 16.5. The zero-order valence-electron chi connectivity index (χ0n) is 22.6. The lowest BCUT2D eigenvalue weighted by atomic mass is 10.0. The molecule has 3 aromatic heterocycles. The predicted octanol–water partition coefficient (Wildman–Crippen LogP) is 4.36. The second-order valence-corrected chi connectivity index (χ2v) is 9.06. The number of carbonyl (C=O) groups excluding carboxylic acids is 2. The molecule has 0 aliphatic rings. The summed E-state index contributed by atoms with van der Waals surface area (Å²) in [6, 6.07) is 11.2. The van der Waals surface area contributed by atoms with Gasteiger partial charge in [0.15, 0.2) is 6.73 Å². The van der Waals surface area contributed by atoms with Gasteiger partial charge in [0, 0.05) is 72.5 Å². The molecule has 3 heterocycles. The summed E-state index contributed by atoms with van der Waals surface area (Å²) in [5.74, 6) is 0.446. The number of benzene rings is 1. The minimum absolute atomic E-state index is 0.0249. The van der Waals surface area contributed by atoms with Crippen molar-refractivity contribution in [3.05, 3.63) is 67.1 Å². The van der Waals surface area contributed by atoms with Crippen molar-refractivity contribution in [2.24, 2.45) is 0 Å². The number of fused-ring (bicyclic) bond motifs is 1. The number of methoxy groups -OCH3 is 2. The summed E-state index contributed by atoms with van der Waals surface area (Å²) in [5.41, 5.74) is 4.60. The maximum Gasteiger partial charge on any atom is 0.304 e. The van der Waals surface area contributed by atoms with Crippen LogP contribution in [0.5, 0.6) is 11.6 Å². The van der Waals surface area contributed by atoms with Crippen molar-refractivity contribution in [3.8, 4) is 33.9 Å². The fraction of sp³-hybridized carbons (Fsp3) is 0.241. The van der Waals surface area contributed by atoms with Gasteiger partial charge in [-0.15, -0.1) is 0 Å². The Kier molecular flexibility index (Phi) is 8.57. The Morgan fingerprint density at radius 3 is 2.56 bits per heavy atom. The van der Waals surface area contributed by atoms with Crippen LogP contribution in [-0.4, -0.2) is 66.2 Å². The monoisotopic (exact) mass is 529 g/mol. The molecule has 202 valence electrons. The fourth-order valence-corrected chi connectivity index (χ4v) is 4.02. The van der Waals surface area contributed by atoms with Crippen LogP contribution in [0.3, 0.4) is 0 Å². The highest BCUT2D eigenvalue weighted by molar-refractivity contribution is 6.00. The zero-order chi connectivity index (χ0) is 27.9. The molecule has 0 atom stereocenters. The summed E-state index contributed by atoms with van der Waals surface area (Å²) in [4.78, 5) is 34.8. The number of esters is 1. The number of anilines is 1. The molecule has 4 aromatic rings. The maximum absolute atomic E-state index is 12.5. The van der Waals surface area contributed by atoms with Gasteiger partial charge in [-0.05, 0) is 49.5 Å². The summed E-state index contributed by atoms with van der Waals surface area (Å²) in [7, 11) is 7.01. The van der Waals surface area contributed by atoms with Crippen LogP contribution >= 0.6 is 0 Å². The topological polar surface area (TPSA) is 108 Å². The van der Waals surface area contributed by atoms with Crippen LogP contribution in [-0.2, 0) is 21.1 Å². The average Bonchev–Trinajstić information content (AvgIpc) is 3.29. The third-order valence-electron chi connectivity index (χ3n) is 5.86. The molecule has 10 nitrogen and oxygen atoms in total. The molecule has 0 bridgehead atoms. The van der Waals surface area contributed by atoms with Crippen LogP contribution in [0.4, 0.5) is 5.69 Å². The van der Waals surface area contributed by atoms with Crippen molar-refractivity contribution in [1.82, 2.24) is 19.4 Å². The lowest BCUT2D eigenvalue weighted by Gasteiger charge is -2.11. The number of likely N-dealkylation sites (N-methyl/N-ethyl adjacent to an activating group) is 1. The largest absolute Gasteiger partial charge is 0.497 e. The van der Waals surface area contributed by atoms with E-state index in [1.807, 2.05) is 55.5 Å². The number of hydrogen-bond donors (Lipinski definition) is 1. The molecule has 0 unspecified atom stereocenters. The lowest BCUT2D eigenvalue weighted by Crippen LogP contribution is -2.13. The first kappa shape index (κ1) is 27.3. The van der Waals surface area contributed by atoms with Crippen LogP contribution in [0, 0.1) is 0 Å². The van der Waals surface area contributed by atoms with E-state index in [1.54, 1.807) is 43.3 Å². The summed E-state index contributed by atoms with van der Waals surface area (Å²) < 4.78 is 17.9. The van der Waals surface area contributed by atoms with E-state index in [0.29, 0.717) is 29.5 Å². The Morgan fingerprint density at radius 1 is 1.03 bits per heavy atom. The van der Waals surface area contributed by atoms with E-state index in [0.717, 1.165) is 27.6 Å². The molecule has 39 heavy (non-hydrogen) atoms. The molecule has 0 fully saturated rings. The fourth-order valence-electron chi connectivity index (χ4n) is 4.02. The number of nitrogens with one attached hydrogen (secondary N) is 1. The number of rotatable bonds is 10. The highest BCUT2D eigenvalue weighted by Gasteiger charge is 2.16. The minimum atomic E-state index is -0.386. The highest BCUT2D eigenvalue weighted by Crippen LogP contribution is 2.35. The van der Waals surface area contributed by atoms with Crippen molar-refractivity contribution in [1.29, 1.82) is 0 Å². The third kappa shape index (κ3) is 6.79. The molecule has 0 aliphatic carbocycles. The van der Waals surface area contributed by atoms with Crippen LogP contribution in [0.15, 0.2) is 67.1 Å². The van der Waals surface area contributed by atoms with E-state index < -0.39 is 0 Å². The molecule has 1 aromatic carbocycles. The summed E-state index contributed by atoms with van der Waals surface area (Å²) in [5, 5.41) is 3.74. The van der Waals surface area contributed by atoms with Crippen molar-refractivity contribution in [2.45, 2.75) is 13.7 Å². The normalized spacial score (nSPS) is 11.2. The van der Waals surface area contributed by atoms with Gasteiger partial charge in [-0.3, -0.25) is 14.2 Å². The number of hydrogen-bond acceptors (Lipinski definition) is 8. The van der Waals surface area contributed by atoms with Gasteiger partial charge >= 0.3 is 5.97 Å². The number of aromatic nitrogens is 3. The van der Waals surface area contributed by atoms with E-state index in [1.165, 1.54) is 13.0 Å². The van der Waals surface area contributed by atoms with E-state index in [-0.39, 0.29) is 18.6 Å². The van der Waals surface area contributed by atoms with E-state index in [9.17, 15) is 9.59 Å². The Bertz CT molecular complexity index is 1530. The molecular formula is C29H31N5O5. The molecule has 0 saturated carbocycles. The molecule has 1 amide bonds. The van der Waals surface area contributed by atoms with Gasteiger partial charge < -0.3 is 24.4 Å². The minimum Gasteiger partial charge on any atom is -0.497 e. The SMILES string of the molecule is COc1cc(NC(=O)C=CCN(C)C)cc(-c2cnc3c(c2)c(-c2ccnc(OC)c2)cn3COC(C)=O)c1. The lowest BCUT2D eigenvalue weighted by molar-refractivity contribution is -0.144. The summed E-state index contributed by atoms with van der Waals surface area (Å²) in [6.07, 6.45) is 8.60. The van der Waals surface area contributed by atoms with Gasteiger partial charge in [0.1, 0.15) is 11.4 Å². The predicted molar refractivity (Wildman–Crippen MR) is 150 cm³/mol. The van der Waals surface area contributed by atoms with Gasteiger partial charge in [-0.2, -0.15) is 0 Å². The van der Waals surface area contributed by atoms with Crippen LogP contribution < -0.4 is 14.8 Å². The van der Waals surface area contributed by atoms with E-state index in [4.69, 9.17) is 19.2 Å². The van der Waals surface area contributed by atoms with Crippen molar-refractivity contribution >= 4 is 28.6 Å². The second-order valence-electron chi connectivity index (χ2n) is 9.06. The van der Waals surface area contributed by atoms with Crippen molar-refractivity contribution in [3.63, 3.8) is 0 Å². The van der Waals surface area contributed by atoms with Gasteiger partial charge in [0.05, 0.1) is 14.2 Å². The molecule has 0 radical (unpaired) electrons. The number of carbonyl (C=O) groups is 2. The molecule has 10 heteroatoms. The first-order chi connectivity index (χ1) is 18.8. The van der Waals surface area contributed by atoms with Gasteiger partial charge in [-0.25, -0.2) is 9.97 Å². The smallest absolute Gasteiger partial charge is 0.304 e. The Hall–Kier alpha value is -4.70. The molecule has 4 rings (SSSR count). The average molecular weight is 530 g/mol. The van der Waals surface area contributed by atoms with Crippen LogP contribution in [0.25, 0.3) is 33.3 Å². The maximum atomic E-state index is 12.5. The quantitative estimate of drug-likeness (QED) is 0.239. The molecule has 0 spiro atoms. The number of pyridine rings is 2. The van der Waals surface area contributed by atoms with Crippen molar-refractivity contribution in [2.75, 3.05) is 40.2 Å². The van der Waals surface area contributed by atoms with E-state index >= 15 is 0 Å². The first-order valence-corrected chi connectivity index (χ1v) is 12.2. The molecule has 0 aliphatic heterocycles. The van der Waals surface area contributed by atoms with Crippen LogP contribution in [0.1, 0.15) is 6.92 Å². The van der Waals surface area contributed by atoms with Crippen molar-refractivity contribution < 1.29 is 23.8 Å². The van der Waals surface area contributed by atoms with E-state index in [2.05, 4.69) is 10.3 Å². The molecule has 0 saturated heterocycles. The van der Waals surface area contributed by atoms with Gasteiger partial charge in [-0.1, -0.05) is 6.08 Å².